The van der Waals surface area contributed by atoms with Crippen molar-refractivity contribution in [3.63, 3.8) is 0 Å². The maximum absolute atomic E-state index is 6.14. The van der Waals surface area contributed by atoms with Crippen LogP contribution in [-0.4, -0.2) is 38.0 Å². The number of aryl methyl sites for hydroxylation is 12. The monoisotopic (exact) mass is 2040 g/mol. The number of hydrogen-bond acceptors (Lipinski definition) is 6. The molecule has 0 spiro atoms. The van der Waals surface area contributed by atoms with E-state index in [2.05, 4.69) is 488 Å². The van der Waals surface area contributed by atoms with E-state index < -0.39 is 8.07 Å². The van der Waals surface area contributed by atoms with Crippen LogP contribution >= 0.6 is 35.3 Å². The molecule has 0 unspecified atom stereocenters. The molecule has 0 amide bonds. The summed E-state index contributed by atoms with van der Waals surface area (Å²) < 4.78 is 36.7. The summed E-state index contributed by atoms with van der Waals surface area (Å²) in [4.78, 5) is 7.88. The molecule has 0 saturated heterocycles. The molecule has 0 saturated carbocycles. The van der Waals surface area contributed by atoms with Crippen LogP contribution < -0.4 is 69.8 Å². The minimum atomic E-state index is -1.70. The maximum atomic E-state index is 6.14. The number of nitrogens with zero attached hydrogens (tertiary/aromatic N) is 6. The molecule has 12 heterocycles. The molecule has 6 aliphatic rings. The van der Waals surface area contributed by atoms with Gasteiger partial charge in [-0.15, -0.1) is 0 Å². The summed E-state index contributed by atoms with van der Waals surface area (Å²) >= 11 is 6.18. The topological polar surface area (TPSA) is 51.0 Å². The summed E-state index contributed by atoms with van der Waals surface area (Å²) in [5, 5.41) is 3.19. The number of aromatic nitrogens is 6. The molecule has 18 aromatic rings. The number of ether oxygens (including phenoxy) is 3. The Hall–Kier alpha value is -12.8. The van der Waals surface area contributed by atoms with Gasteiger partial charge in [0, 0.05) is 95.5 Å². The zero-order chi connectivity index (χ0) is 97.8. The number of rotatable bonds is 6. The molecule has 0 N–H and O–H groups in total. The van der Waals surface area contributed by atoms with Gasteiger partial charge >= 0.3 is 273 Å². The van der Waals surface area contributed by atoms with Gasteiger partial charge in [0.2, 0.25) is 22.8 Å². The summed E-state index contributed by atoms with van der Waals surface area (Å²) in [5.41, 5.74) is 31.8. The van der Waals surface area contributed by atoms with Gasteiger partial charge in [-0.25, -0.2) is 18.3 Å². The predicted molar refractivity (Wildman–Crippen MR) is 581 cm³/mol. The van der Waals surface area contributed by atoms with Crippen molar-refractivity contribution < 1.29 is 41.6 Å². The van der Waals surface area contributed by atoms with E-state index in [-0.39, 0.29) is 16.2 Å². The molecule has 9 nitrogen and oxygen atoms in total. The molecule has 696 valence electrons. The summed E-state index contributed by atoms with van der Waals surface area (Å²) in [6, 6.07) is 117. The van der Waals surface area contributed by atoms with Crippen molar-refractivity contribution in [3.8, 4) is 102 Å². The van der Waals surface area contributed by atoms with E-state index in [0.717, 1.165) is 34.5 Å². The fourth-order valence-electron chi connectivity index (χ4n) is 20.3. The van der Waals surface area contributed by atoms with Gasteiger partial charge in [-0.3, -0.25) is 0 Å². The van der Waals surface area contributed by atoms with Crippen LogP contribution in [0.3, 0.4) is 0 Å². The van der Waals surface area contributed by atoms with Gasteiger partial charge in [0.25, 0.3) is 0 Å². The van der Waals surface area contributed by atoms with Crippen molar-refractivity contribution in [2.75, 3.05) is 0 Å². The van der Waals surface area contributed by atoms with Crippen molar-refractivity contribution in [3.05, 3.63) is 432 Å². The van der Waals surface area contributed by atoms with Crippen LogP contribution in [0.2, 0.25) is 13.1 Å². The standard InChI is InChI=1S/C24H28NSi.2C22H22NS.C19H16NOS.2C19H16NOSe/c1-17-15-23-20(16-18(17)21-12-9-10-14-25(21)4)24(2,3)19-11-7-8-13-22(19)26(23,5)6;1-15-13-21-18(14-16(15)19-10-7-8-12-23(19)4)22(2,3)17-9-5-6-11-20(17)24-21;1-15-13-18-21(14-16(15)19-10-7-8-12-23(19)4)24-20-11-6-5-9-17(20)22(18,2)3;2*1-13-11-19-17(21-16-8-3-4-9-18(16)22-19)12-14(13)15-7-5-6-10-20(15)2;1-13-11-17-19(22-18-9-4-3-8-16(18)21-17)12-14(13)15-7-5-6-10-20(15)2/h7-16H,1-6H3;2*5-14H,1-4H3;3*3-12H,1-2H3/q6*+1. The average Bonchev–Trinajstić information content (AvgIpc) is 0.703. The Morgan fingerprint density at radius 3 is 1.01 bits per heavy atom. The van der Waals surface area contributed by atoms with Crippen molar-refractivity contribution in [1.82, 2.24) is 0 Å². The summed E-state index contributed by atoms with van der Waals surface area (Å²) in [5.74, 6) is 5.90. The Morgan fingerprint density at radius 2 is 0.529 bits per heavy atom. The predicted octanol–water partition coefficient (Wildman–Crippen LogP) is 23.7. The third-order valence-electron chi connectivity index (χ3n) is 28.3. The Morgan fingerprint density at radius 1 is 0.221 bits per heavy atom. The number of pyridine rings is 6. The molecular formula is C125H120N6O3S3Se2Si+6. The van der Waals surface area contributed by atoms with Crippen molar-refractivity contribution >= 4 is 101 Å². The molecule has 6 aliphatic heterocycles. The van der Waals surface area contributed by atoms with Crippen LogP contribution in [0.25, 0.3) is 67.5 Å². The first-order chi connectivity index (χ1) is 67.4. The van der Waals surface area contributed by atoms with Gasteiger partial charge in [-0.1, -0.05) is 185 Å². The Bertz CT molecular complexity index is 7550. The quantitative estimate of drug-likeness (QED) is 0.122. The molecule has 15 heteroatoms. The molecule has 0 aliphatic carbocycles. The average molecular weight is 2040 g/mol. The fraction of sp³-hybridized carbons (Fsp3) is 0.184. The Labute approximate surface area is 853 Å². The third-order valence-corrected chi connectivity index (χ3v) is 39.8. The van der Waals surface area contributed by atoms with Gasteiger partial charge in [0.1, 0.15) is 47.8 Å². The third kappa shape index (κ3) is 19.0. The second-order valence-corrected chi connectivity index (χ2v) is 51.4. The van der Waals surface area contributed by atoms with E-state index in [1.807, 2.05) is 66.0 Å². The van der Waals surface area contributed by atoms with Crippen LogP contribution in [0.15, 0.2) is 394 Å². The minimum absolute atomic E-state index is 0.0208. The molecule has 0 bridgehead atoms. The van der Waals surface area contributed by atoms with Gasteiger partial charge < -0.3 is 4.74 Å². The molecule has 24 rings (SSSR count). The Kier molecular flexibility index (Phi) is 27.3. The second kappa shape index (κ2) is 39.7. The number of hydrogen-bond donors (Lipinski definition) is 0. The van der Waals surface area contributed by atoms with Crippen LogP contribution in [0.4, 0.5) is 0 Å². The normalized spacial score (nSPS) is 14.0. The Balaban J connectivity index is 0.000000107. The van der Waals surface area contributed by atoms with Crippen molar-refractivity contribution in [1.29, 1.82) is 0 Å². The van der Waals surface area contributed by atoms with Crippen molar-refractivity contribution in [2.24, 2.45) is 42.3 Å². The molecule has 6 aromatic heterocycles. The van der Waals surface area contributed by atoms with E-state index in [1.165, 1.54) is 182 Å². The van der Waals surface area contributed by atoms with E-state index in [4.69, 9.17) is 14.2 Å². The molecule has 0 atom stereocenters. The van der Waals surface area contributed by atoms with Crippen LogP contribution in [0.1, 0.15) is 108 Å². The summed E-state index contributed by atoms with van der Waals surface area (Å²) in [6.07, 6.45) is 12.6. The van der Waals surface area contributed by atoms with Gasteiger partial charge in [0.05, 0.1) is 20.9 Å². The van der Waals surface area contributed by atoms with Crippen molar-refractivity contribution in [2.45, 2.75) is 142 Å². The summed E-state index contributed by atoms with van der Waals surface area (Å²) in [6.45, 7) is 32.3. The van der Waals surface area contributed by atoms with E-state index in [9.17, 15) is 0 Å². The molecular weight excluding hydrogens is 1920 g/mol. The fourth-order valence-corrected chi connectivity index (χ4v) is 31.9. The first-order valence-corrected chi connectivity index (χ1v) is 56.8. The molecule has 140 heavy (non-hydrogen) atoms. The van der Waals surface area contributed by atoms with E-state index in [0.29, 0.717) is 29.9 Å². The number of benzene rings is 12. The zero-order valence-corrected chi connectivity index (χ0v) is 90.5. The van der Waals surface area contributed by atoms with Gasteiger partial charge in [0.15, 0.2) is 24.8 Å². The zero-order valence-electron chi connectivity index (χ0n) is 83.6. The van der Waals surface area contributed by atoms with Gasteiger partial charge in [-0.05, 0) is 168 Å². The van der Waals surface area contributed by atoms with E-state index >= 15 is 0 Å². The van der Waals surface area contributed by atoms with Crippen LogP contribution in [0, 0.1) is 41.5 Å². The number of fused-ring (bicyclic) bond motifs is 12. The first kappa shape index (κ1) is 96.1. The summed E-state index contributed by atoms with van der Waals surface area (Å²) in [7, 11) is 10.9. The molecule has 12 aromatic carbocycles. The first-order valence-electron chi connectivity index (χ1n) is 48.0. The SMILES string of the molecule is Cc1cc2c(cc1-c1cccc[n+]1C)C(C)(C)c1ccccc1S2.Cc1cc2c(cc1-c1cccc[n+]1C)C(C)(C)c1ccccc1[Si]2(C)C.Cc1cc2c(cc1-c1cccc[n+]1C)Oc1ccccc1S2.Cc1cc2c(cc1-c1cccc[n+]1C)Oc1ccccc1[Se]2.Cc1cc2c(cc1-c1cccc[n+]1C)Sc1ccccc1C2(C)C.Cc1cc2c(cc1-c1cccc[n+]1C)[Se]c1ccccc1O2. The molecule has 0 radical (unpaired) electrons. The van der Waals surface area contributed by atoms with Gasteiger partial charge in [-0.2, -0.15) is 0 Å². The molecule has 0 fully saturated rings. The van der Waals surface area contributed by atoms with E-state index in [1.54, 1.807) is 22.1 Å². The van der Waals surface area contributed by atoms with Crippen LogP contribution in [0.5, 0.6) is 34.5 Å². The number of para-hydroxylation sites is 3. The van der Waals surface area contributed by atoms with Crippen LogP contribution in [-0.2, 0) is 58.5 Å². The second-order valence-electron chi connectivity index (χ2n) is 39.3.